The second kappa shape index (κ2) is 12.8. The van der Waals surface area contributed by atoms with E-state index >= 15 is 0 Å². The lowest BCUT2D eigenvalue weighted by atomic mass is 10.1. The number of hydrogen-bond acceptors (Lipinski definition) is 4. The summed E-state index contributed by atoms with van der Waals surface area (Å²) in [5, 5.41) is 3.45. The average Bonchev–Trinajstić information content (AvgIpc) is 2.80. The van der Waals surface area contributed by atoms with Gasteiger partial charge in [0.2, 0.25) is 11.8 Å². The standard InChI is InChI=1S/C25H34Cl2N4O4S/c1-7-22(25(33)28-8-2)30(15-19-20(26)10-9-11-21(19)27)24(32)16-31(36(34,35)29(5)6)23-14-17(3)12-13-18(23)4/h9-14,22H,7-8,15-16H2,1-6H3,(H,28,33)/t22-/m0/s1. The van der Waals surface area contributed by atoms with Gasteiger partial charge in [-0.15, -0.1) is 0 Å². The van der Waals surface area contributed by atoms with Gasteiger partial charge in [0.1, 0.15) is 12.6 Å². The molecule has 0 saturated carbocycles. The zero-order chi connectivity index (χ0) is 27.2. The van der Waals surface area contributed by atoms with Crippen LogP contribution in [0.2, 0.25) is 10.0 Å². The van der Waals surface area contributed by atoms with Crippen LogP contribution >= 0.6 is 23.2 Å². The summed E-state index contributed by atoms with van der Waals surface area (Å²) in [5.41, 5.74) is 2.40. The van der Waals surface area contributed by atoms with Crippen LogP contribution in [-0.4, -0.2) is 62.7 Å². The van der Waals surface area contributed by atoms with Crippen molar-refractivity contribution < 1.29 is 18.0 Å². The van der Waals surface area contributed by atoms with E-state index in [4.69, 9.17) is 23.2 Å². The van der Waals surface area contributed by atoms with Crippen LogP contribution in [0.25, 0.3) is 0 Å². The van der Waals surface area contributed by atoms with Gasteiger partial charge in [-0.05, 0) is 56.5 Å². The first-order valence-electron chi connectivity index (χ1n) is 11.6. The van der Waals surface area contributed by atoms with Crippen molar-refractivity contribution in [3.05, 3.63) is 63.1 Å². The van der Waals surface area contributed by atoms with Gasteiger partial charge in [0, 0.05) is 42.8 Å². The monoisotopic (exact) mass is 556 g/mol. The van der Waals surface area contributed by atoms with Crippen molar-refractivity contribution in [3.8, 4) is 0 Å². The van der Waals surface area contributed by atoms with E-state index in [0.717, 1.165) is 14.2 Å². The van der Waals surface area contributed by atoms with Crippen LogP contribution in [0.4, 0.5) is 5.69 Å². The smallest absolute Gasteiger partial charge is 0.304 e. The second-order valence-electron chi connectivity index (χ2n) is 8.63. The van der Waals surface area contributed by atoms with E-state index in [1.807, 2.05) is 13.0 Å². The third-order valence-electron chi connectivity index (χ3n) is 5.78. The van der Waals surface area contributed by atoms with Crippen molar-refractivity contribution in [1.29, 1.82) is 0 Å². The summed E-state index contributed by atoms with van der Waals surface area (Å²) in [4.78, 5) is 28.1. The van der Waals surface area contributed by atoms with Gasteiger partial charge in [-0.25, -0.2) is 4.31 Å². The second-order valence-corrected chi connectivity index (χ2v) is 11.5. The number of carbonyl (C=O) groups is 2. The van der Waals surface area contributed by atoms with E-state index in [-0.39, 0.29) is 12.5 Å². The van der Waals surface area contributed by atoms with Gasteiger partial charge in [0.15, 0.2) is 0 Å². The average molecular weight is 558 g/mol. The first-order valence-corrected chi connectivity index (χ1v) is 13.8. The quantitative estimate of drug-likeness (QED) is 0.449. The molecule has 8 nitrogen and oxygen atoms in total. The molecule has 0 heterocycles. The first-order chi connectivity index (χ1) is 16.8. The van der Waals surface area contributed by atoms with E-state index in [1.165, 1.54) is 19.0 Å². The van der Waals surface area contributed by atoms with E-state index in [0.29, 0.717) is 39.8 Å². The largest absolute Gasteiger partial charge is 0.355 e. The number of carbonyl (C=O) groups excluding carboxylic acids is 2. The predicted octanol–water partition coefficient (Wildman–Crippen LogP) is 4.17. The molecule has 0 aliphatic carbocycles. The molecule has 0 saturated heterocycles. The summed E-state index contributed by atoms with van der Waals surface area (Å²) in [6.07, 6.45) is 0.309. The molecule has 0 aromatic heterocycles. The maximum absolute atomic E-state index is 13.9. The van der Waals surface area contributed by atoms with Gasteiger partial charge >= 0.3 is 10.2 Å². The molecule has 11 heteroatoms. The lowest BCUT2D eigenvalue weighted by Gasteiger charge is -2.34. The Hall–Kier alpha value is -2.33. The molecule has 1 N–H and O–H groups in total. The summed E-state index contributed by atoms with van der Waals surface area (Å²) < 4.78 is 28.8. The number of nitrogens with one attached hydrogen (secondary N) is 1. The number of amides is 2. The van der Waals surface area contributed by atoms with Crippen molar-refractivity contribution >= 4 is 50.9 Å². The number of likely N-dealkylation sites (N-methyl/N-ethyl adjacent to an activating group) is 1. The fraction of sp³-hybridized carbons (Fsp3) is 0.440. The fourth-order valence-corrected chi connectivity index (χ4v) is 5.39. The van der Waals surface area contributed by atoms with E-state index < -0.39 is 28.7 Å². The molecule has 0 spiro atoms. The minimum absolute atomic E-state index is 0.0599. The molecule has 0 fully saturated rings. The Kier molecular flexibility index (Phi) is 10.6. The Labute approximate surface area is 224 Å². The molecule has 0 radical (unpaired) electrons. The Morgan fingerprint density at radius 2 is 1.64 bits per heavy atom. The predicted molar refractivity (Wildman–Crippen MR) is 146 cm³/mol. The minimum atomic E-state index is -4.05. The lowest BCUT2D eigenvalue weighted by Crippen LogP contribution is -2.53. The van der Waals surface area contributed by atoms with Crippen LogP contribution in [0.1, 0.15) is 37.0 Å². The molecular weight excluding hydrogens is 523 g/mol. The molecule has 0 aliphatic rings. The molecule has 2 aromatic carbocycles. The Morgan fingerprint density at radius 1 is 1.03 bits per heavy atom. The molecule has 0 bridgehead atoms. The van der Waals surface area contributed by atoms with Crippen molar-refractivity contribution in [3.63, 3.8) is 0 Å². The highest BCUT2D eigenvalue weighted by Gasteiger charge is 2.34. The van der Waals surface area contributed by atoms with Gasteiger partial charge in [-0.2, -0.15) is 12.7 Å². The zero-order valence-electron chi connectivity index (χ0n) is 21.5. The summed E-state index contributed by atoms with van der Waals surface area (Å²) in [7, 11) is -1.23. The van der Waals surface area contributed by atoms with Crippen molar-refractivity contribution in [1.82, 2.24) is 14.5 Å². The van der Waals surface area contributed by atoms with Crippen LogP contribution in [0.3, 0.4) is 0 Å². The highest BCUT2D eigenvalue weighted by atomic mass is 35.5. The van der Waals surface area contributed by atoms with Gasteiger partial charge in [-0.1, -0.05) is 48.3 Å². The van der Waals surface area contributed by atoms with E-state index in [9.17, 15) is 18.0 Å². The Morgan fingerprint density at radius 3 is 2.17 bits per heavy atom. The molecule has 0 aliphatic heterocycles. The van der Waals surface area contributed by atoms with Crippen molar-refractivity contribution in [2.24, 2.45) is 0 Å². The lowest BCUT2D eigenvalue weighted by molar-refractivity contribution is -0.140. The molecule has 2 rings (SSSR count). The van der Waals surface area contributed by atoms with Crippen LogP contribution in [0.15, 0.2) is 36.4 Å². The first kappa shape index (κ1) is 29.9. The third-order valence-corrected chi connectivity index (χ3v) is 8.29. The topological polar surface area (TPSA) is 90.0 Å². The molecule has 36 heavy (non-hydrogen) atoms. The van der Waals surface area contributed by atoms with Crippen LogP contribution < -0.4 is 9.62 Å². The molecular formula is C25H34Cl2N4O4S. The third kappa shape index (κ3) is 6.91. The number of aryl methyl sites for hydroxylation is 2. The van der Waals surface area contributed by atoms with Gasteiger partial charge in [0.25, 0.3) is 0 Å². The van der Waals surface area contributed by atoms with Gasteiger partial charge in [-0.3, -0.25) is 9.59 Å². The van der Waals surface area contributed by atoms with Crippen LogP contribution in [-0.2, 0) is 26.3 Å². The number of rotatable bonds is 11. The number of hydrogen-bond donors (Lipinski definition) is 1. The maximum Gasteiger partial charge on any atom is 0.304 e. The van der Waals surface area contributed by atoms with Gasteiger partial charge in [0.05, 0.1) is 5.69 Å². The Balaban J connectivity index is 2.61. The van der Waals surface area contributed by atoms with E-state index in [1.54, 1.807) is 51.1 Å². The number of anilines is 1. The molecule has 1 atom stereocenters. The van der Waals surface area contributed by atoms with E-state index in [2.05, 4.69) is 5.32 Å². The SMILES string of the molecule is CCNC(=O)[C@H](CC)N(Cc1c(Cl)cccc1Cl)C(=O)CN(c1cc(C)ccc1C)S(=O)(=O)N(C)C. The highest BCUT2D eigenvalue weighted by molar-refractivity contribution is 7.90. The highest BCUT2D eigenvalue weighted by Crippen LogP contribution is 2.29. The number of nitrogens with zero attached hydrogens (tertiary/aromatic N) is 3. The summed E-state index contributed by atoms with van der Waals surface area (Å²) in [6.45, 7) is 7.01. The maximum atomic E-state index is 13.9. The molecule has 198 valence electrons. The van der Waals surface area contributed by atoms with Crippen LogP contribution in [0.5, 0.6) is 0 Å². The minimum Gasteiger partial charge on any atom is -0.355 e. The molecule has 2 amide bonds. The van der Waals surface area contributed by atoms with Crippen molar-refractivity contribution in [2.45, 2.75) is 46.7 Å². The molecule has 2 aromatic rings. The van der Waals surface area contributed by atoms with Crippen LogP contribution in [0, 0.1) is 13.8 Å². The van der Waals surface area contributed by atoms with Gasteiger partial charge < -0.3 is 10.2 Å². The Bertz CT molecular complexity index is 1180. The summed E-state index contributed by atoms with van der Waals surface area (Å²) >= 11 is 12.8. The molecule has 0 unspecified atom stereocenters. The normalized spacial score (nSPS) is 12.4. The number of benzene rings is 2. The zero-order valence-corrected chi connectivity index (χ0v) is 23.8. The fourth-order valence-electron chi connectivity index (χ4n) is 3.76. The summed E-state index contributed by atoms with van der Waals surface area (Å²) in [5.74, 6) is -0.902. The summed E-state index contributed by atoms with van der Waals surface area (Å²) in [6, 6.07) is 9.53. The van der Waals surface area contributed by atoms with Crippen molar-refractivity contribution in [2.75, 3.05) is 31.5 Å². The number of halogens is 2.